The van der Waals surface area contributed by atoms with Crippen LogP contribution in [0.15, 0.2) is 34.5 Å². The number of azo groups is 1. The fraction of sp³-hybridized carbons (Fsp3) is 0.364. The van der Waals surface area contributed by atoms with Crippen molar-refractivity contribution in [1.82, 2.24) is 0 Å². The number of nitrogens with zero attached hydrogens (tertiary/aromatic N) is 2. The Bertz CT molecular complexity index is 1020. The van der Waals surface area contributed by atoms with E-state index in [1.54, 1.807) is 19.1 Å². The summed E-state index contributed by atoms with van der Waals surface area (Å²) in [6, 6.07) is 4.76. The highest BCUT2D eigenvalue weighted by molar-refractivity contribution is 6.34. The molecular weight excluding hydrogens is 473 g/mol. The zero-order valence-electron chi connectivity index (χ0n) is 18.9. The molecule has 0 bridgehead atoms. The van der Waals surface area contributed by atoms with E-state index in [1.165, 1.54) is 33.3 Å². The predicted octanol–water partition coefficient (Wildman–Crippen LogP) is 5.49. The summed E-state index contributed by atoms with van der Waals surface area (Å²) in [5.41, 5.74) is 0.554. The normalized spacial score (nSPS) is 11.7. The topological polar surface area (TPSA) is 108 Å². The van der Waals surface area contributed by atoms with Crippen LogP contribution in [0.25, 0.3) is 0 Å². The highest BCUT2D eigenvalue weighted by Crippen LogP contribution is 2.41. The molecule has 0 aliphatic rings. The summed E-state index contributed by atoms with van der Waals surface area (Å²) in [6.45, 7) is 5.54. The van der Waals surface area contributed by atoms with Gasteiger partial charge in [0.2, 0.25) is 6.04 Å². The number of anilines is 1. The zero-order chi connectivity index (χ0) is 24.5. The van der Waals surface area contributed by atoms with Crippen LogP contribution in [0.5, 0.6) is 23.0 Å². The number of ether oxygens (including phenoxy) is 4. The first kappa shape index (κ1) is 26.2. The SMILES string of the molecule is CCOc1ccc(NC(=O)C(N=Nc2cc(OC)c(Cl)c(OC)c2)C(C)=O)c(OCC)c1Cl. The molecule has 0 heterocycles. The summed E-state index contributed by atoms with van der Waals surface area (Å²) in [6.07, 6.45) is 0. The van der Waals surface area contributed by atoms with Crippen molar-refractivity contribution in [3.05, 3.63) is 34.3 Å². The lowest BCUT2D eigenvalue weighted by molar-refractivity contribution is -0.126. The number of amides is 1. The number of hydrogen-bond acceptors (Lipinski definition) is 8. The van der Waals surface area contributed by atoms with E-state index in [9.17, 15) is 9.59 Å². The largest absolute Gasteiger partial charge is 0.495 e. The van der Waals surface area contributed by atoms with Crippen LogP contribution in [0.4, 0.5) is 11.4 Å². The van der Waals surface area contributed by atoms with Gasteiger partial charge in [0.25, 0.3) is 5.91 Å². The molecule has 0 aliphatic carbocycles. The van der Waals surface area contributed by atoms with E-state index in [-0.39, 0.29) is 27.2 Å². The lowest BCUT2D eigenvalue weighted by atomic mass is 10.2. The third-order valence-electron chi connectivity index (χ3n) is 4.26. The highest BCUT2D eigenvalue weighted by atomic mass is 35.5. The van der Waals surface area contributed by atoms with Gasteiger partial charge in [-0.05, 0) is 32.9 Å². The van der Waals surface area contributed by atoms with E-state index in [0.29, 0.717) is 30.5 Å². The summed E-state index contributed by atoms with van der Waals surface area (Å²) >= 11 is 12.5. The first-order valence-electron chi connectivity index (χ1n) is 9.99. The fourth-order valence-corrected chi connectivity index (χ4v) is 3.28. The van der Waals surface area contributed by atoms with Crippen molar-refractivity contribution >= 4 is 46.3 Å². The molecule has 1 N–H and O–H groups in total. The van der Waals surface area contributed by atoms with Crippen molar-refractivity contribution in [3.8, 4) is 23.0 Å². The first-order chi connectivity index (χ1) is 15.8. The number of halogens is 2. The van der Waals surface area contributed by atoms with Crippen molar-refractivity contribution < 1.29 is 28.5 Å². The Morgan fingerprint density at radius 1 is 0.970 bits per heavy atom. The van der Waals surface area contributed by atoms with Gasteiger partial charge in [0.15, 0.2) is 11.5 Å². The van der Waals surface area contributed by atoms with Crippen molar-refractivity contribution in [2.24, 2.45) is 10.2 Å². The average molecular weight is 498 g/mol. The minimum Gasteiger partial charge on any atom is -0.495 e. The average Bonchev–Trinajstić information content (AvgIpc) is 2.78. The standard InChI is InChI=1S/C22H25Cl2N3O6/c1-6-32-15-9-8-14(21(19(15)24)33-7-2)25-22(29)20(12(3)28)27-26-13-10-16(30-4)18(23)17(11-13)31-5/h8-11,20H,6-7H2,1-5H3,(H,25,29). The molecule has 0 aromatic heterocycles. The quantitative estimate of drug-likeness (QED) is 0.324. The number of benzene rings is 2. The number of rotatable bonds is 11. The monoisotopic (exact) mass is 497 g/mol. The van der Waals surface area contributed by atoms with E-state index >= 15 is 0 Å². The Morgan fingerprint density at radius 2 is 1.58 bits per heavy atom. The maximum atomic E-state index is 12.9. The van der Waals surface area contributed by atoms with E-state index in [4.69, 9.17) is 42.1 Å². The number of carbonyl (C=O) groups excluding carboxylic acids is 2. The molecular formula is C22H25Cl2N3O6. The van der Waals surface area contributed by atoms with Crippen LogP contribution in [-0.2, 0) is 9.59 Å². The van der Waals surface area contributed by atoms with Gasteiger partial charge >= 0.3 is 0 Å². The molecule has 2 aromatic rings. The number of Topliss-reactive ketones (excluding diaryl/α,β-unsaturated/α-hetero) is 1. The molecule has 1 unspecified atom stereocenters. The van der Waals surface area contributed by atoms with Crippen LogP contribution >= 0.6 is 23.2 Å². The number of nitrogens with one attached hydrogen (secondary N) is 1. The Morgan fingerprint density at radius 3 is 2.09 bits per heavy atom. The van der Waals surface area contributed by atoms with E-state index in [2.05, 4.69) is 15.5 Å². The smallest absolute Gasteiger partial charge is 0.258 e. The van der Waals surface area contributed by atoms with E-state index in [1.807, 2.05) is 6.92 Å². The van der Waals surface area contributed by atoms with Crippen LogP contribution in [-0.4, -0.2) is 45.2 Å². The van der Waals surface area contributed by atoms with Gasteiger partial charge in [-0.15, -0.1) is 0 Å². The third kappa shape index (κ3) is 6.49. The van der Waals surface area contributed by atoms with Gasteiger partial charge in [-0.1, -0.05) is 23.2 Å². The van der Waals surface area contributed by atoms with E-state index < -0.39 is 17.7 Å². The number of carbonyl (C=O) groups is 2. The van der Waals surface area contributed by atoms with Crippen molar-refractivity contribution in [3.63, 3.8) is 0 Å². The van der Waals surface area contributed by atoms with Gasteiger partial charge in [-0.2, -0.15) is 10.2 Å². The lowest BCUT2D eigenvalue weighted by Crippen LogP contribution is -2.32. The number of ketones is 1. The first-order valence-corrected chi connectivity index (χ1v) is 10.7. The molecule has 0 radical (unpaired) electrons. The van der Waals surface area contributed by atoms with Crippen LogP contribution < -0.4 is 24.3 Å². The molecule has 2 aromatic carbocycles. The predicted molar refractivity (Wildman–Crippen MR) is 126 cm³/mol. The molecule has 1 amide bonds. The molecule has 0 spiro atoms. The summed E-state index contributed by atoms with van der Waals surface area (Å²) < 4.78 is 21.4. The van der Waals surface area contributed by atoms with Gasteiger partial charge in [0, 0.05) is 12.1 Å². The molecule has 0 aliphatic heterocycles. The molecule has 9 nitrogen and oxygen atoms in total. The molecule has 2 rings (SSSR count). The van der Waals surface area contributed by atoms with Gasteiger partial charge in [0.1, 0.15) is 27.3 Å². The molecule has 11 heteroatoms. The summed E-state index contributed by atoms with van der Waals surface area (Å²) in [7, 11) is 2.87. The zero-order valence-corrected chi connectivity index (χ0v) is 20.4. The van der Waals surface area contributed by atoms with Crippen LogP contribution in [0.2, 0.25) is 10.0 Å². The maximum Gasteiger partial charge on any atom is 0.258 e. The fourth-order valence-electron chi connectivity index (χ4n) is 2.75. The Balaban J connectivity index is 2.34. The summed E-state index contributed by atoms with van der Waals surface area (Å²) in [4.78, 5) is 25.0. The molecule has 178 valence electrons. The molecule has 33 heavy (non-hydrogen) atoms. The van der Waals surface area contributed by atoms with Gasteiger partial charge in [0.05, 0.1) is 38.8 Å². The van der Waals surface area contributed by atoms with Crippen LogP contribution in [0, 0.1) is 0 Å². The Kier molecular flexibility index (Phi) is 9.74. The molecule has 0 fully saturated rings. The number of methoxy groups -OCH3 is 2. The molecule has 0 saturated carbocycles. The maximum absolute atomic E-state index is 12.9. The minimum absolute atomic E-state index is 0.206. The van der Waals surface area contributed by atoms with Gasteiger partial charge in [-0.3, -0.25) is 9.59 Å². The van der Waals surface area contributed by atoms with Crippen LogP contribution in [0.3, 0.4) is 0 Å². The second-order valence-corrected chi connectivity index (χ2v) is 7.26. The van der Waals surface area contributed by atoms with Gasteiger partial charge < -0.3 is 24.3 Å². The lowest BCUT2D eigenvalue weighted by Gasteiger charge is -2.17. The van der Waals surface area contributed by atoms with Crippen LogP contribution in [0.1, 0.15) is 20.8 Å². The van der Waals surface area contributed by atoms with Crippen molar-refractivity contribution in [1.29, 1.82) is 0 Å². The summed E-state index contributed by atoms with van der Waals surface area (Å²) in [5, 5.41) is 11.0. The molecule has 1 atom stereocenters. The van der Waals surface area contributed by atoms with Crippen molar-refractivity contribution in [2.45, 2.75) is 26.8 Å². The Labute approximate surface area is 202 Å². The third-order valence-corrected chi connectivity index (χ3v) is 4.99. The second-order valence-electron chi connectivity index (χ2n) is 6.50. The number of hydrogen-bond donors (Lipinski definition) is 1. The minimum atomic E-state index is -1.42. The Hall–Kier alpha value is -3.04. The van der Waals surface area contributed by atoms with Gasteiger partial charge in [-0.25, -0.2) is 0 Å². The van der Waals surface area contributed by atoms with Crippen molar-refractivity contribution in [2.75, 3.05) is 32.8 Å². The summed E-state index contributed by atoms with van der Waals surface area (Å²) in [5.74, 6) is 0.0248. The van der Waals surface area contributed by atoms with E-state index in [0.717, 1.165) is 0 Å². The highest BCUT2D eigenvalue weighted by Gasteiger charge is 2.25. The molecule has 0 saturated heterocycles. The second kappa shape index (κ2) is 12.3.